The molecule has 0 unspecified atom stereocenters. The smallest absolute Gasteiger partial charge is 0.263 e. The number of hydrogen-bond donors (Lipinski definition) is 1. The summed E-state index contributed by atoms with van der Waals surface area (Å²) in [4.78, 5) is 3.99. The van der Waals surface area contributed by atoms with Gasteiger partial charge in [0.2, 0.25) is 0 Å². The monoisotopic (exact) mass is 213 g/mol. The molecule has 4 nitrogen and oxygen atoms in total. The molecule has 0 fully saturated rings. The molecule has 0 spiro atoms. The van der Waals surface area contributed by atoms with Gasteiger partial charge in [-0.1, -0.05) is 0 Å². The number of oxazole rings is 1. The Bertz CT molecular complexity index is 421. The Morgan fingerprint density at radius 2 is 2.21 bits per heavy atom. The molecule has 0 aliphatic carbocycles. The fourth-order valence-electron chi connectivity index (χ4n) is 1.08. The average molecular weight is 214 g/mol. The normalized spacial score (nSPS) is 10.7. The summed E-state index contributed by atoms with van der Waals surface area (Å²) in [5.41, 5.74) is 0. The molecule has 0 amide bonds. The van der Waals surface area contributed by atoms with Crippen molar-refractivity contribution < 1.29 is 13.9 Å². The van der Waals surface area contributed by atoms with E-state index in [4.69, 9.17) is 25.5 Å². The van der Waals surface area contributed by atoms with Crippen LogP contribution in [0.15, 0.2) is 27.2 Å². The van der Waals surface area contributed by atoms with Gasteiger partial charge in [-0.05, 0) is 23.7 Å². The lowest BCUT2D eigenvalue weighted by Crippen LogP contribution is -1.86. The molecular weight excluding hydrogens is 206 g/mol. The number of hydrogen-bond acceptors (Lipinski definition) is 4. The van der Waals surface area contributed by atoms with Gasteiger partial charge >= 0.3 is 0 Å². The summed E-state index contributed by atoms with van der Waals surface area (Å²) in [5, 5.41) is 8.96. The van der Waals surface area contributed by atoms with Crippen LogP contribution in [0.5, 0.6) is 0 Å². The lowest BCUT2D eigenvalue weighted by atomic mass is 10.4. The van der Waals surface area contributed by atoms with Gasteiger partial charge in [0.05, 0.1) is 12.8 Å². The van der Waals surface area contributed by atoms with Gasteiger partial charge in [-0.3, -0.25) is 0 Å². The van der Waals surface area contributed by atoms with Gasteiger partial charge in [-0.15, -0.1) is 0 Å². The minimum absolute atomic E-state index is 0.0353. The summed E-state index contributed by atoms with van der Waals surface area (Å²) in [6.45, 7) is 0.0353. The van der Waals surface area contributed by atoms with Gasteiger partial charge in [-0.2, -0.15) is 0 Å². The van der Waals surface area contributed by atoms with E-state index in [1.54, 1.807) is 18.3 Å². The Kier molecular flexibility index (Phi) is 2.56. The van der Waals surface area contributed by atoms with E-state index in [1.165, 1.54) is 0 Å². The molecule has 2 rings (SSSR count). The SMILES string of the molecule is OCCc1cnc(-c2ccc(Cl)o2)o1. The molecule has 74 valence electrons. The van der Waals surface area contributed by atoms with E-state index in [0.717, 1.165) is 0 Å². The molecule has 2 aromatic rings. The molecule has 0 atom stereocenters. The van der Waals surface area contributed by atoms with Gasteiger partial charge < -0.3 is 13.9 Å². The van der Waals surface area contributed by atoms with E-state index in [9.17, 15) is 0 Å². The van der Waals surface area contributed by atoms with Crippen molar-refractivity contribution in [2.45, 2.75) is 6.42 Å². The first-order valence-corrected chi connectivity index (χ1v) is 4.48. The highest BCUT2D eigenvalue weighted by atomic mass is 35.5. The second-order valence-electron chi connectivity index (χ2n) is 2.71. The average Bonchev–Trinajstić information content (AvgIpc) is 2.74. The first-order valence-electron chi connectivity index (χ1n) is 4.11. The third-order valence-corrected chi connectivity index (χ3v) is 1.90. The Hall–Kier alpha value is -1.26. The van der Waals surface area contributed by atoms with Crippen molar-refractivity contribution in [3.05, 3.63) is 29.3 Å². The van der Waals surface area contributed by atoms with Crippen molar-refractivity contribution in [3.63, 3.8) is 0 Å². The Morgan fingerprint density at radius 1 is 1.36 bits per heavy atom. The van der Waals surface area contributed by atoms with Crippen LogP contribution in [0.2, 0.25) is 5.22 Å². The fourth-order valence-corrected chi connectivity index (χ4v) is 1.22. The molecular formula is C9H8ClNO3. The van der Waals surface area contributed by atoms with Gasteiger partial charge in [0, 0.05) is 6.42 Å². The summed E-state index contributed by atoms with van der Waals surface area (Å²) in [7, 11) is 0. The number of aliphatic hydroxyl groups excluding tert-OH is 1. The van der Waals surface area contributed by atoms with Crippen molar-refractivity contribution in [2.24, 2.45) is 0 Å². The molecule has 2 heterocycles. The number of aliphatic hydroxyl groups is 1. The molecule has 2 aromatic heterocycles. The number of nitrogens with zero attached hydrogens (tertiary/aromatic N) is 1. The molecule has 0 aliphatic heterocycles. The molecule has 0 aromatic carbocycles. The first kappa shape index (κ1) is 9.30. The highest BCUT2D eigenvalue weighted by Gasteiger charge is 2.09. The van der Waals surface area contributed by atoms with E-state index in [-0.39, 0.29) is 6.61 Å². The molecule has 0 aliphatic rings. The van der Waals surface area contributed by atoms with Gasteiger partial charge in [-0.25, -0.2) is 4.98 Å². The van der Waals surface area contributed by atoms with Crippen LogP contribution < -0.4 is 0 Å². The zero-order valence-corrected chi connectivity index (χ0v) is 7.99. The van der Waals surface area contributed by atoms with Crippen LogP contribution in [-0.2, 0) is 6.42 Å². The molecule has 5 heteroatoms. The quantitative estimate of drug-likeness (QED) is 0.849. The van der Waals surface area contributed by atoms with Gasteiger partial charge in [0.25, 0.3) is 5.89 Å². The minimum Gasteiger partial charge on any atom is -0.440 e. The second-order valence-corrected chi connectivity index (χ2v) is 3.08. The lowest BCUT2D eigenvalue weighted by Gasteiger charge is -1.89. The summed E-state index contributed by atoms with van der Waals surface area (Å²) >= 11 is 5.60. The van der Waals surface area contributed by atoms with Crippen LogP contribution in [0.4, 0.5) is 0 Å². The predicted octanol–water partition coefficient (Wildman–Crippen LogP) is 2.12. The summed E-state index contributed by atoms with van der Waals surface area (Å²) in [6.07, 6.45) is 2.00. The third-order valence-electron chi connectivity index (χ3n) is 1.70. The Labute approximate surface area is 85.1 Å². The molecule has 0 saturated carbocycles. The van der Waals surface area contributed by atoms with Crippen LogP contribution in [0.3, 0.4) is 0 Å². The largest absolute Gasteiger partial charge is 0.440 e. The van der Waals surface area contributed by atoms with Crippen LogP contribution in [0, 0.1) is 0 Å². The molecule has 0 bridgehead atoms. The van der Waals surface area contributed by atoms with Crippen molar-refractivity contribution in [3.8, 4) is 11.7 Å². The molecule has 14 heavy (non-hydrogen) atoms. The van der Waals surface area contributed by atoms with E-state index < -0.39 is 0 Å². The van der Waals surface area contributed by atoms with Gasteiger partial charge in [0.15, 0.2) is 11.0 Å². The molecule has 0 radical (unpaired) electrons. The fraction of sp³-hybridized carbons (Fsp3) is 0.222. The number of furan rings is 1. The summed E-state index contributed by atoms with van der Waals surface area (Å²) in [5.74, 6) is 1.48. The number of halogens is 1. The van der Waals surface area contributed by atoms with Crippen LogP contribution in [-0.4, -0.2) is 16.7 Å². The highest BCUT2D eigenvalue weighted by Crippen LogP contribution is 2.24. The highest BCUT2D eigenvalue weighted by molar-refractivity contribution is 6.28. The van der Waals surface area contributed by atoms with Gasteiger partial charge in [0.1, 0.15) is 5.76 Å². The third kappa shape index (κ3) is 1.81. The molecule has 0 saturated heterocycles. The van der Waals surface area contributed by atoms with E-state index in [1.807, 2.05) is 0 Å². The maximum absolute atomic E-state index is 8.67. The number of aromatic nitrogens is 1. The van der Waals surface area contributed by atoms with E-state index >= 15 is 0 Å². The van der Waals surface area contributed by atoms with Crippen molar-refractivity contribution in [2.75, 3.05) is 6.61 Å². The predicted molar refractivity (Wildman–Crippen MR) is 50.0 cm³/mol. The summed E-state index contributed by atoms with van der Waals surface area (Å²) < 4.78 is 10.4. The van der Waals surface area contributed by atoms with E-state index in [2.05, 4.69) is 4.98 Å². The van der Waals surface area contributed by atoms with Crippen molar-refractivity contribution in [1.29, 1.82) is 0 Å². The molecule has 1 N–H and O–H groups in total. The first-order chi connectivity index (χ1) is 6.79. The standard InChI is InChI=1S/C9H8ClNO3/c10-8-2-1-7(14-8)9-11-5-6(13-9)3-4-12/h1-2,5,12H,3-4H2. The maximum Gasteiger partial charge on any atom is 0.263 e. The topological polar surface area (TPSA) is 59.4 Å². The van der Waals surface area contributed by atoms with E-state index in [0.29, 0.717) is 29.1 Å². The second kappa shape index (κ2) is 3.86. The van der Waals surface area contributed by atoms with Crippen LogP contribution >= 0.6 is 11.6 Å². The van der Waals surface area contributed by atoms with Crippen molar-refractivity contribution >= 4 is 11.6 Å². The number of rotatable bonds is 3. The van der Waals surface area contributed by atoms with Crippen LogP contribution in [0.25, 0.3) is 11.7 Å². The minimum atomic E-state index is 0.0353. The Morgan fingerprint density at radius 3 is 2.86 bits per heavy atom. The zero-order chi connectivity index (χ0) is 9.97. The Balaban J connectivity index is 2.24. The van der Waals surface area contributed by atoms with Crippen molar-refractivity contribution in [1.82, 2.24) is 4.98 Å². The zero-order valence-electron chi connectivity index (χ0n) is 7.24. The van der Waals surface area contributed by atoms with Crippen LogP contribution in [0.1, 0.15) is 5.76 Å². The lowest BCUT2D eigenvalue weighted by molar-refractivity contribution is 0.288. The maximum atomic E-state index is 8.67. The summed E-state index contributed by atoms with van der Waals surface area (Å²) in [6, 6.07) is 3.30.